The fraction of sp³-hybridized carbons (Fsp3) is 0.0769. The Balaban J connectivity index is 2.03. The lowest BCUT2D eigenvalue weighted by Gasteiger charge is -2.22. The number of ether oxygens (including phenoxy) is 2. The van der Waals surface area contributed by atoms with Crippen molar-refractivity contribution in [3.05, 3.63) is 40.5 Å². The number of nitrogens with one attached hydrogen (secondary N) is 1. The standard InChI is InChI=1S/C13H5NO5/c14-10-5-3-9(10)18-11(15)6-2-8-7(1-4(5)6)12(16)19-13(8)17/h1-3,9,14H. The SMILES string of the molecule is N=C1C2=CC1OC(=O)c1cc3c(cc12)C(=O)OC3=O. The Hall–Kier alpha value is -2.76. The lowest BCUT2D eigenvalue weighted by atomic mass is 9.85. The van der Waals surface area contributed by atoms with Gasteiger partial charge in [0.25, 0.3) is 0 Å². The van der Waals surface area contributed by atoms with Crippen LogP contribution in [0.15, 0.2) is 18.2 Å². The van der Waals surface area contributed by atoms with E-state index in [0.29, 0.717) is 11.1 Å². The van der Waals surface area contributed by atoms with Gasteiger partial charge < -0.3 is 14.9 Å². The molecule has 1 atom stereocenters. The van der Waals surface area contributed by atoms with E-state index in [2.05, 4.69) is 4.74 Å². The summed E-state index contributed by atoms with van der Waals surface area (Å²) in [7, 11) is 0. The summed E-state index contributed by atoms with van der Waals surface area (Å²) in [5.41, 5.74) is 1.56. The van der Waals surface area contributed by atoms with Gasteiger partial charge in [-0.1, -0.05) is 0 Å². The second kappa shape index (κ2) is 2.97. The van der Waals surface area contributed by atoms with Gasteiger partial charge in [-0.2, -0.15) is 0 Å². The molecule has 4 aliphatic rings. The zero-order valence-corrected chi connectivity index (χ0v) is 9.35. The van der Waals surface area contributed by atoms with E-state index >= 15 is 0 Å². The zero-order valence-electron chi connectivity index (χ0n) is 9.35. The molecule has 2 bridgehead atoms. The van der Waals surface area contributed by atoms with Gasteiger partial charge in [0.15, 0.2) is 6.10 Å². The van der Waals surface area contributed by atoms with E-state index in [9.17, 15) is 14.4 Å². The van der Waals surface area contributed by atoms with E-state index in [1.54, 1.807) is 6.08 Å². The number of rotatable bonds is 0. The fourth-order valence-electron chi connectivity index (χ4n) is 2.41. The second-order valence-electron chi connectivity index (χ2n) is 4.44. The summed E-state index contributed by atoms with van der Waals surface area (Å²) in [5.74, 6) is -2.11. The van der Waals surface area contributed by atoms with Crippen LogP contribution in [0, 0.1) is 5.41 Å². The Kier molecular flexibility index (Phi) is 1.59. The molecule has 1 aromatic rings. The first-order chi connectivity index (χ1) is 9.06. The minimum Gasteiger partial charge on any atom is -0.448 e. The minimum absolute atomic E-state index is 0.0620. The molecular weight excluding hydrogens is 250 g/mol. The van der Waals surface area contributed by atoms with Crippen molar-refractivity contribution in [3.63, 3.8) is 0 Å². The van der Waals surface area contributed by atoms with Gasteiger partial charge in [-0.3, -0.25) is 0 Å². The molecule has 3 heterocycles. The number of cyclic esters (lactones) is 2. The third-order valence-corrected chi connectivity index (χ3v) is 3.42. The molecule has 0 saturated heterocycles. The summed E-state index contributed by atoms with van der Waals surface area (Å²) < 4.78 is 9.55. The highest BCUT2D eigenvalue weighted by Gasteiger charge is 2.40. The van der Waals surface area contributed by atoms with E-state index in [-0.39, 0.29) is 22.4 Å². The summed E-state index contributed by atoms with van der Waals surface area (Å²) in [4.78, 5) is 34.8. The van der Waals surface area contributed by atoms with Crippen LogP contribution in [0.5, 0.6) is 0 Å². The van der Waals surface area contributed by atoms with Gasteiger partial charge in [-0.15, -0.1) is 0 Å². The van der Waals surface area contributed by atoms with Crippen LogP contribution >= 0.6 is 0 Å². The number of hydrogen-bond acceptors (Lipinski definition) is 6. The van der Waals surface area contributed by atoms with Crippen molar-refractivity contribution in [1.82, 2.24) is 0 Å². The Morgan fingerprint density at radius 2 is 1.47 bits per heavy atom. The molecule has 1 N–H and O–H groups in total. The van der Waals surface area contributed by atoms with Crippen LogP contribution < -0.4 is 0 Å². The molecular formula is C13H5NO5. The number of esters is 3. The maximum atomic E-state index is 11.9. The van der Waals surface area contributed by atoms with Gasteiger partial charge in [-0.05, 0) is 23.8 Å². The molecule has 3 aliphatic heterocycles. The molecule has 1 aromatic carbocycles. The molecule has 0 radical (unpaired) electrons. The van der Waals surface area contributed by atoms with E-state index in [1.165, 1.54) is 12.1 Å². The summed E-state index contributed by atoms with van der Waals surface area (Å²) in [6, 6.07) is 2.72. The summed E-state index contributed by atoms with van der Waals surface area (Å²) in [6.07, 6.45) is 1.01. The van der Waals surface area contributed by atoms with Crippen LogP contribution in [-0.4, -0.2) is 29.7 Å². The topological polar surface area (TPSA) is 93.5 Å². The van der Waals surface area contributed by atoms with Crippen LogP contribution in [0.2, 0.25) is 0 Å². The Morgan fingerprint density at radius 3 is 2.11 bits per heavy atom. The number of benzene rings is 1. The van der Waals surface area contributed by atoms with Gasteiger partial charge in [0.1, 0.15) is 0 Å². The molecule has 19 heavy (non-hydrogen) atoms. The second-order valence-corrected chi connectivity index (χ2v) is 4.44. The van der Waals surface area contributed by atoms with Crippen molar-refractivity contribution in [3.8, 4) is 0 Å². The van der Waals surface area contributed by atoms with E-state index in [0.717, 1.165) is 0 Å². The molecule has 0 saturated carbocycles. The lowest BCUT2D eigenvalue weighted by molar-refractivity contribution is 0.0442. The highest BCUT2D eigenvalue weighted by atomic mass is 16.6. The zero-order chi connectivity index (χ0) is 13.3. The fourth-order valence-corrected chi connectivity index (χ4v) is 2.41. The highest BCUT2D eigenvalue weighted by Crippen LogP contribution is 2.37. The number of carbonyl (C=O) groups excluding carboxylic acids is 3. The summed E-state index contributed by atoms with van der Waals surface area (Å²) in [5, 5.41) is 7.76. The monoisotopic (exact) mass is 255 g/mol. The van der Waals surface area contributed by atoms with Crippen molar-refractivity contribution < 1.29 is 23.9 Å². The number of fused-ring (bicyclic) bond motifs is 2. The average molecular weight is 255 g/mol. The molecule has 1 unspecified atom stereocenters. The smallest absolute Gasteiger partial charge is 0.346 e. The lowest BCUT2D eigenvalue weighted by Crippen LogP contribution is -2.30. The van der Waals surface area contributed by atoms with Crippen LogP contribution in [-0.2, 0) is 9.47 Å². The molecule has 0 aromatic heterocycles. The maximum absolute atomic E-state index is 11.9. The van der Waals surface area contributed by atoms with Crippen molar-refractivity contribution >= 4 is 29.2 Å². The van der Waals surface area contributed by atoms with Crippen LogP contribution in [0.25, 0.3) is 5.57 Å². The van der Waals surface area contributed by atoms with E-state index in [1.807, 2.05) is 0 Å². The molecule has 0 amide bonds. The van der Waals surface area contributed by atoms with Gasteiger partial charge in [0, 0.05) is 5.57 Å². The minimum atomic E-state index is -0.767. The first kappa shape index (κ1) is 10.2. The molecule has 92 valence electrons. The predicted molar refractivity (Wildman–Crippen MR) is 61.1 cm³/mol. The van der Waals surface area contributed by atoms with Gasteiger partial charge in [0.05, 0.1) is 22.4 Å². The van der Waals surface area contributed by atoms with Crippen molar-refractivity contribution in [1.29, 1.82) is 5.41 Å². The van der Waals surface area contributed by atoms with Crippen molar-refractivity contribution in [2.45, 2.75) is 6.10 Å². The van der Waals surface area contributed by atoms with Crippen LogP contribution in [0.3, 0.4) is 0 Å². The van der Waals surface area contributed by atoms with Gasteiger partial charge in [0.2, 0.25) is 0 Å². The Morgan fingerprint density at radius 1 is 0.895 bits per heavy atom. The first-order valence-corrected chi connectivity index (χ1v) is 5.53. The first-order valence-electron chi connectivity index (χ1n) is 5.53. The molecule has 0 fully saturated rings. The van der Waals surface area contributed by atoms with E-state index < -0.39 is 24.0 Å². The van der Waals surface area contributed by atoms with Gasteiger partial charge in [-0.25, -0.2) is 14.4 Å². The largest absolute Gasteiger partial charge is 0.448 e. The quantitative estimate of drug-likeness (QED) is 0.550. The number of hydrogen-bond donors (Lipinski definition) is 1. The van der Waals surface area contributed by atoms with Gasteiger partial charge >= 0.3 is 17.9 Å². The van der Waals surface area contributed by atoms with Crippen molar-refractivity contribution in [2.75, 3.05) is 0 Å². The number of carbonyl (C=O) groups is 3. The van der Waals surface area contributed by atoms with Crippen molar-refractivity contribution in [2.24, 2.45) is 0 Å². The molecule has 1 aliphatic carbocycles. The third-order valence-electron chi connectivity index (χ3n) is 3.42. The normalized spacial score (nSPS) is 22.7. The summed E-state index contributed by atoms with van der Waals surface area (Å²) >= 11 is 0. The molecule has 6 nitrogen and oxygen atoms in total. The molecule has 5 rings (SSSR count). The Bertz CT molecular complexity index is 759. The average Bonchev–Trinajstić information content (AvgIpc) is 2.54. The molecule has 0 spiro atoms. The Labute approximate surface area is 106 Å². The van der Waals surface area contributed by atoms with E-state index in [4.69, 9.17) is 10.1 Å². The predicted octanol–water partition coefficient (Wildman–Crippen LogP) is 0.953. The van der Waals surface area contributed by atoms with Crippen LogP contribution in [0.1, 0.15) is 36.6 Å². The molecule has 6 heteroatoms. The van der Waals surface area contributed by atoms with Crippen LogP contribution in [0.4, 0.5) is 0 Å². The highest BCUT2D eigenvalue weighted by molar-refractivity contribution is 6.34. The third kappa shape index (κ3) is 1.10. The maximum Gasteiger partial charge on any atom is 0.346 e. The summed E-state index contributed by atoms with van der Waals surface area (Å²) in [6.45, 7) is 0.